The zero-order valence-corrected chi connectivity index (χ0v) is 13.8. The molecule has 2 heterocycles. The van der Waals surface area contributed by atoms with E-state index in [-0.39, 0.29) is 18.3 Å². The fourth-order valence-corrected chi connectivity index (χ4v) is 3.58. The van der Waals surface area contributed by atoms with Gasteiger partial charge in [-0.25, -0.2) is 0 Å². The molecule has 0 atom stereocenters. The van der Waals surface area contributed by atoms with E-state index in [1.165, 1.54) is 0 Å². The second kappa shape index (κ2) is 7.28. The van der Waals surface area contributed by atoms with Crippen molar-refractivity contribution in [2.75, 3.05) is 26.3 Å². The number of alkyl halides is 3. The quantitative estimate of drug-likeness (QED) is 0.879. The van der Waals surface area contributed by atoms with Gasteiger partial charge in [0, 0.05) is 13.1 Å². The standard InChI is InChI=1S/C15H21F3N4O3/c16-15(17,18)13-20-11(21-25-13)10-19-12(23)14(4-2-1-3-5-14)22-6-8-24-9-7-22/h1-10H2,(H,19,23). The number of nitrogens with one attached hydrogen (secondary N) is 1. The van der Waals surface area contributed by atoms with Gasteiger partial charge in [-0.1, -0.05) is 24.4 Å². The molecule has 1 aliphatic heterocycles. The number of rotatable bonds is 4. The van der Waals surface area contributed by atoms with E-state index in [0.717, 1.165) is 32.1 Å². The minimum absolute atomic E-state index is 0.186. The fourth-order valence-electron chi connectivity index (χ4n) is 3.58. The summed E-state index contributed by atoms with van der Waals surface area (Å²) in [6.45, 7) is 2.32. The Balaban J connectivity index is 1.67. The van der Waals surface area contributed by atoms with Crippen LogP contribution in [0.15, 0.2) is 4.52 Å². The molecular formula is C15H21F3N4O3. The molecule has 2 fully saturated rings. The summed E-state index contributed by atoms with van der Waals surface area (Å²) in [5, 5.41) is 5.98. The topological polar surface area (TPSA) is 80.5 Å². The van der Waals surface area contributed by atoms with Gasteiger partial charge in [-0.2, -0.15) is 18.2 Å². The van der Waals surface area contributed by atoms with Gasteiger partial charge in [-0.05, 0) is 12.8 Å². The predicted molar refractivity (Wildman–Crippen MR) is 79.4 cm³/mol. The van der Waals surface area contributed by atoms with Crippen molar-refractivity contribution < 1.29 is 27.2 Å². The van der Waals surface area contributed by atoms with Crippen LogP contribution < -0.4 is 5.32 Å². The van der Waals surface area contributed by atoms with Gasteiger partial charge in [0.05, 0.1) is 19.8 Å². The zero-order chi connectivity index (χ0) is 17.9. The van der Waals surface area contributed by atoms with Crippen LogP contribution in [0.1, 0.15) is 43.8 Å². The summed E-state index contributed by atoms with van der Waals surface area (Å²) >= 11 is 0. The van der Waals surface area contributed by atoms with Gasteiger partial charge in [0.15, 0.2) is 5.82 Å². The Morgan fingerprint density at radius 3 is 2.48 bits per heavy atom. The summed E-state index contributed by atoms with van der Waals surface area (Å²) in [5.74, 6) is -1.78. The number of hydrogen-bond acceptors (Lipinski definition) is 6. The lowest BCUT2D eigenvalue weighted by Gasteiger charge is -2.46. The second-order valence-electron chi connectivity index (χ2n) is 6.39. The van der Waals surface area contributed by atoms with Crippen molar-refractivity contribution in [3.63, 3.8) is 0 Å². The molecule has 0 unspecified atom stereocenters. The molecule has 3 rings (SSSR count). The molecule has 25 heavy (non-hydrogen) atoms. The Bertz CT molecular complexity index is 593. The van der Waals surface area contributed by atoms with E-state index in [4.69, 9.17) is 4.74 Å². The average molecular weight is 362 g/mol. The normalized spacial score (nSPS) is 21.9. The van der Waals surface area contributed by atoms with Gasteiger partial charge in [0.1, 0.15) is 5.54 Å². The van der Waals surface area contributed by atoms with Crippen molar-refractivity contribution >= 4 is 5.91 Å². The molecule has 1 aromatic heterocycles. The van der Waals surface area contributed by atoms with E-state index >= 15 is 0 Å². The van der Waals surface area contributed by atoms with E-state index in [0.29, 0.717) is 26.3 Å². The molecule has 0 aromatic carbocycles. The van der Waals surface area contributed by atoms with Crippen LogP contribution in [0, 0.1) is 0 Å². The molecule has 140 valence electrons. The highest BCUT2D eigenvalue weighted by Gasteiger charge is 2.45. The third-order valence-corrected chi connectivity index (χ3v) is 4.84. The van der Waals surface area contributed by atoms with Crippen molar-refractivity contribution in [1.82, 2.24) is 20.4 Å². The number of amides is 1. The maximum absolute atomic E-state index is 12.9. The van der Waals surface area contributed by atoms with Crippen LogP contribution in [0.3, 0.4) is 0 Å². The lowest BCUT2D eigenvalue weighted by molar-refractivity contribution is -0.159. The summed E-state index contributed by atoms with van der Waals surface area (Å²) in [5.41, 5.74) is -0.626. The van der Waals surface area contributed by atoms with Crippen molar-refractivity contribution in [3.05, 3.63) is 11.7 Å². The van der Waals surface area contributed by atoms with Crippen molar-refractivity contribution in [2.45, 2.75) is 50.4 Å². The molecule has 0 spiro atoms. The SMILES string of the molecule is O=C(NCc1noc(C(F)(F)F)n1)C1(N2CCOCC2)CCCCC1. The number of nitrogens with zero attached hydrogens (tertiary/aromatic N) is 3. The minimum atomic E-state index is -4.69. The van der Waals surface area contributed by atoms with Crippen molar-refractivity contribution in [3.8, 4) is 0 Å². The van der Waals surface area contributed by atoms with Crippen LogP contribution in [-0.4, -0.2) is 52.8 Å². The average Bonchev–Trinajstić information content (AvgIpc) is 3.10. The number of hydrogen-bond donors (Lipinski definition) is 1. The summed E-state index contributed by atoms with van der Waals surface area (Å²) in [4.78, 5) is 18.3. The van der Waals surface area contributed by atoms with Gasteiger partial charge in [0.25, 0.3) is 0 Å². The molecule has 1 N–H and O–H groups in total. The zero-order valence-electron chi connectivity index (χ0n) is 13.8. The van der Waals surface area contributed by atoms with Crippen LogP contribution in [0.5, 0.6) is 0 Å². The number of halogens is 3. The summed E-state index contributed by atoms with van der Waals surface area (Å²) in [6.07, 6.45) is -0.235. The first-order chi connectivity index (χ1) is 11.9. The van der Waals surface area contributed by atoms with E-state index < -0.39 is 17.6 Å². The number of aromatic nitrogens is 2. The Hall–Kier alpha value is -1.68. The molecule has 7 nitrogen and oxygen atoms in total. The molecular weight excluding hydrogens is 341 g/mol. The second-order valence-corrected chi connectivity index (χ2v) is 6.39. The monoisotopic (exact) mass is 362 g/mol. The molecule has 10 heteroatoms. The first-order valence-corrected chi connectivity index (χ1v) is 8.43. The third kappa shape index (κ3) is 3.95. The number of ether oxygens (including phenoxy) is 1. The van der Waals surface area contributed by atoms with Gasteiger partial charge in [-0.3, -0.25) is 9.69 Å². The maximum atomic E-state index is 12.9. The van der Waals surface area contributed by atoms with Gasteiger partial charge in [-0.15, -0.1) is 0 Å². The van der Waals surface area contributed by atoms with Crippen LogP contribution in [0.2, 0.25) is 0 Å². The van der Waals surface area contributed by atoms with E-state index in [1.54, 1.807) is 0 Å². The van der Waals surface area contributed by atoms with Gasteiger partial charge in [0.2, 0.25) is 5.91 Å². The van der Waals surface area contributed by atoms with Crippen LogP contribution >= 0.6 is 0 Å². The molecule has 1 saturated carbocycles. The smallest absolute Gasteiger partial charge is 0.379 e. The Kier molecular flexibility index (Phi) is 5.28. The maximum Gasteiger partial charge on any atom is 0.471 e. The van der Waals surface area contributed by atoms with Gasteiger partial charge < -0.3 is 14.6 Å². The Morgan fingerprint density at radius 1 is 1.20 bits per heavy atom. The summed E-state index contributed by atoms with van der Waals surface area (Å²) in [7, 11) is 0. The largest absolute Gasteiger partial charge is 0.471 e. The first kappa shape index (κ1) is 18.1. The van der Waals surface area contributed by atoms with Crippen LogP contribution in [0.25, 0.3) is 0 Å². The Morgan fingerprint density at radius 2 is 1.88 bits per heavy atom. The predicted octanol–water partition coefficient (Wildman–Crippen LogP) is 1.74. The van der Waals surface area contributed by atoms with Crippen molar-refractivity contribution in [1.29, 1.82) is 0 Å². The van der Waals surface area contributed by atoms with E-state index in [9.17, 15) is 18.0 Å². The fraction of sp³-hybridized carbons (Fsp3) is 0.800. The molecule has 0 radical (unpaired) electrons. The summed E-state index contributed by atoms with van der Waals surface area (Å²) < 4.78 is 47.0. The molecule has 0 bridgehead atoms. The molecule has 1 aromatic rings. The highest BCUT2D eigenvalue weighted by molar-refractivity contribution is 5.86. The highest BCUT2D eigenvalue weighted by Crippen LogP contribution is 2.34. The first-order valence-electron chi connectivity index (χ1n) is 8.43. The number of carbonyl (C=O) groups excluding carboxylic acids is 1. The lowest BCUT2D eigenvalue weighted by atomic mass is 9.79. The number of carbonyl (C=O) groups is 1. The van der Waals surface area contributed by atoms with Crippen molar-refractivity contribution in [2.24, 2.45) is 0 Å². The Labute approximate surface area is 142 Å². The van der Waals surface area contributed by atoms with E-state index in [1.807, 2.05) is 0 Å². The summed E-state index contributed by atoms with van der Waals surface area (Å²) in [6, 6.07) is 0. The molecule has 2 aliphatic rings. The molecule has 1 aliphatic carbocycles. The number of morpholine rings is 1. The molecule has 1 saturated heterocycles. The van der Waals surface area contributed by atoms with Gasteiger partial charge >= 0.3 is 12.1 Å². The highest BCUT2D eigenvalue weighted by atomic mass is 19.4. The molecule has 1 amide bonds. The van der Waals surface area contributed by atoms with Crippen LogP contribution in [-0.2, 0) is 22.3 Å². The minimum Gasteiger partial charge on any atom is -0.379 e. The van der Waals surface area contributed by atoms with Crippen LogP contribution in [0.4, 0.5) is 13.2 Å². The third-order valence-electron chi connectivity index (χ3n) is 4.84. The van der Waals surface area contributed by atoms with E-state index in [2.05, 4.69) is 24.9 Å². The lowest BCUT2D eigenvalue weighted by Crippen LogP contribution is -2.62.